The maximum atomic E-state index is 11.6. The fourth-order valence-electron chi connectivity index (χ4n) is 1.71. The number of hydrogen-bond acceptors (Lipinski definition) is 3. The zero-order chi connectivity index (χ0) is 13.0. The number of nitriles is 1. The third-order valence-corrected chi connectivity index (χ3v) is 2.69. The van der Waals surface area contributed by atoms with E-state index < -0.39 is 0 Å². The van der Waals surface area contributed by atoms with Crippen molar-refractivity contribution in [1.29, 1.82) is 5.26 Å². The number of pyridine rings is 1. The largest absolute Gasteiger partial charge is 0.294 e. The molecule has 1 heterocycles. The van der Waals surface area contributed by atoms with E-state index in [1.54, 1.807) is 30.5 Å². The van der Waals surface area contributed by atoms with Crippen LogP contribution in [-0.4, -0.2) is 10.8 Å². The minimum absolute atomic E-state index is 0.0927. The highest BCUT2D eigenvalue weighted by Crippen LogP contribution is 2.19. The highest BCUT2D eigenvalue weighted by molar-refractivity contribution is 5.96. The van der Waals surface area contributed by atoms with Gasteiger partial charge in [0.15, 0.2) is 5.78 Å². The van der Waals surface area contributed by atoms with Crippen molar-refractivity contribution in [2.75, 3.05) is 0 Å². The van der Waals surface area contributed by atoms with Crippen molar-refractivity contribution < 1.29 is 4.79 Å². The van der Waals surface area contributed by atoms with E-state index in [9.17, 15) is 4.79 Å². The van der Waals surface area contributed by atoms with Crippen LogP contribution in [0.25, 0.3) is 11.3 Å². The van der Waals surface area contributed by atoms with Crippen LogP contribution < -0.4 is 0 Å². The van der Waals surface area contributed by atoms with Gasteiger partial charge in [-0.25, -0.2) is 0 Å². The molecule has 0 fully saturated rings. The molecule has 1 aromatic carbocycles. The molecule has 2 rings (SSSR count). The molecule has 0 atom stereocenters. The SMILES string of the molecule is CCC(=O)c1ccnc(-c2cccc(C#N)c2)c1. The predicted octanol–water partition coefficient (Wildman–Crippen LogP) is 3.21. The minimum Gasteiger partial charge on any atom is -0.294 e. The lowest BCUT2D eigenvalue weighted by atomic mass is 10.0. The molecule has 0 bridgehead atoms. The molecule has 0 radical (unpaired) electrons. The first-order chi connectivity index (χ1) is 8.74. The monoisotopic (exact) mass is 236 g/mol. The Morgan fingerprint density at radius 2 is 2.17 bits per heavy atom. The van der Waals surface area contributed by atoms with Crippen molar-refractivity contribution in [2.45, 2.75) is 13.3 Å². The zero-order valence-corrected chi connectivity index (χ0v) is 10.1. The second-order valence-corrected chi connectivity index (χ2v) is 3.90. The molecule has 88 valence electrons. The Hall–Kier alpha value is -2.47. The smallest absolute Gasteiger partial charge is 0.162 e. The number of carbonyl (C=O) groups excluding carboxylic acids is 1. The average molecular weight is 236 g/mol. The standard InChI is InChI=1S/C15H12N2O/c1-2-15(18)13-6-7-17-14(9-13)12-5-3-4-11(8-12)10-16/h3-9H,2H2,1H3. The summed E-state index contributed by atoms with van der Waals surface area (Å²) in [5, 5.41) is 8.87. The third kappa shape index (κ3) is 2.44. The molecule has 0 saturated carbocycles. The van der Waals surface area contributed by atoms with Crippen LogP contribution in [0, 0.1) is 11.3 Å². The van der Waals surface area contributed by atoms with Crippen molar-refractivity contribution in [1.82, 2.24) is 4.98 Å². The number of hydrogen-bond donors (Lipinski definition) is 0. The fraction of sp³-hybridized carbons (Fsp3) is 0.133. The summed E-state index contributed by atoms with van der Waals surface area (Å²) in [6.07, 6.45) is 2.10. The van der Waals surface area contributed by atoms with Crippen LogP contribution in [-0.2, 0) is 0 Å². The van der Waals surface area contributed by atoms with Gasteiger partial charge in [0.1, 0.15) is 0 Å². The Kier molecular flexibility index (Phi) is 3.49. The topological polar surface area (TPSA) is 53.8 Å². The summed E-state index contributed by atoms with van der Waals surface area (Å²) < 4.78 is 0. The van der Waals surface area contributed by atoms with Crippen LogP contribution in [0.2, 0.25) is 0 Å². The number of carbonyl (C=O) groups is 1. The normalized spacial score (nSPS) is 9.78. The number of benzene rings is 1. The molecule has 0 spiro atoms. The van der Waals surface area contributed by atoms with Crippen LogP contribution in [0.3, 0.4) is 0 Å². The Morgan fingerprint density at radius 3 is 2.89 bits per heavy atom. The number of Topliss-reactive ketones (excluding diaryl/α,β-unsaturated/α-hetero) is 1. The summed E-state index contributed by atoms with van der Waals surface area (Å²) >= 11 is 0. The van der Waals surface area contributed by atoms with E-state index in [2.05, 4.69) is 11.1 Å². The van der Waals surface area contributed by atoms with Gasteiger partial charge in [0, 0.05) is 23.7 Å². The van der Waals surface area contributed by atoms with Crippen molar-refractivity contribution in [2.24, 2.45) is 0 Å². The van der Waals surface area contributed by atoms with Crippen molar-refractivity contribution >= 4 is 5.78 Å². The zero-order valence-electron chi connectivity index (χ0n) is 10.1. The lowest BCUT2D eigenvalue weighted by Gasteiger charge is -2.03. The van der Waals surface area contributed by atoms with Gasteiger partial charge < -0.3 is 0 Å². The molecule has 0 aliphatic rings. The molecule has 0 N–H and O–H groups in total. The molecule has 0 saturated heterocycles. The first-order valence-corrected chi connectivity index (χ1v) is 5.74. The molecule has 0 aliphatic heterocycles. The van der Waals surface area contributed by atoms with E-state index in [0.717, 1.165) is 5.56 Å². The molecular weight excluding hydrogens is 224 g/mol. The van der Waals surface area contributed by atoms with Crippen LogP contribution in [0.5, 0.6) is 0 Å². The molecule has 18 heavy (non-hydrogen) atoms. The molecule has 3 nitrogen and oxygen atoms in total. The molecular formula is C15H12N2O. The van der Waals surface area contributed by atoms with Crippen LogP contribution >= 0.6 is 0 Å². The van der Waals surface area contributed by atoms with Gasteiger partial charge in [-0.2, -0.15) is 5.26 Å². The lowest BCUT2D eigenvalue weighted by Crippen LogP contribution is -1.97. The van der Waals surface area contributed by atoms with Gasteiger partial charge in [-0.1, -0.05) is 19.1 Å². The minimum atomic E-state index is 0.0927. The summed E-state index contributed by atoms with van der Waals surface area (Å²) in [7, 11) is 0. The van der Waals surface area contributed by atoms with E-state index in [-0.39, 0.29) is 5.78 Å². The lowest BCUT2D eigenvalue weighted by molar-refractivity contribution is 0.0988. The summed E-state index contributed by atoms with van der Waals surface area (Å²) in [5.74, 6) is 0.0927. The highest BCUT2D eigenvalue weighted by atomic mass is 16.1. The van der Waals surface area contributed by atoms with E-state index in [4.69, 9.17) is 5.26 Å². The molecule has 0 unspecified atom stereocenters. The van der Waals surface area contributed by atoms with E-state index in [0.29, 0.717) is 23.2 Å². The van der Waals surface area contributed by atoms with Gasteiger partial charge in [-0.05, 0) is 24.3 Å². The van der Waals surface area contributed by atoms with Crippen molar-refractivity contribution in [3.8, 4) is 17.3 Å². The first kappa shape index (κ1) is 12.0. The Morgan fingerprint density at radius 1 is 1.33 bits per heavy atom. The van der Waals surface area contributed by atoms with E-state index in [1.165, 1.54) is 0 Å². The highest BCUT2D eigenvalue weighted by Gasteiger charge is 2.06. The average Bonchev–Trinajstić information content (AvgIpc) is 2.46. The summed E-state index contributed by atoms with van der Waals surface area (Å²) in [6.45, 7) is 1.83. The molecule has 0 aliphatic carbocycles. The van der Waals surface area contributed by atoms with Gasteiger partial charge in [-0.15, -0.1) is 0 Å². The molecule has 1 aromatic heterocycles. The molecule has 2 aromatic rings. The van der Waals surface area contributed by atoms with Crippen LogP contribution in [0.1, 0.15) is 29.3 Å². The Bertz CT molecular complexity index is 626. The van der Waals surface area contributed by atoms with Crippen LogP contribution in [0.4, 0.5) is 0 Å². The molecule has 0 amide bonds. The van der Waals surface area contributed by atoms with Crippen molar-refractivity contribution in [3.05, 3.63) is 53.7 Å². The third-order valence-electron chi connectivity index (χ3n) is 2.69. The maximum Gasteiger partial charge on any atom is 0.162 e. The number of aromatic nitrogens is 1. The quantitative estimate of drug-likeness (QED) is 0.769. The predicted molar refractivity (Wildman–Crippen MR) is 69.0 cm³/mol. The maximum absolute atomic E-state index is 11.6. The number of nitrogens with zero attached hydrogens (tertiary/aromatic N) is 2. The van der Waals surface area contributed by atoms with Crippen molar-refractivity contribution in [3.63, 3.8) is 0 Å². The second kappa shape index (κ2) is 5.24. The second-order valence-electron chi connectivity index (χ2n) is 3.90. The number of ketones is 1. The summed E-state index contributed by atoms with van der Waals surface area (Å²) in [6, 6.07) is 12.8. The van der Waals surface area contributed by atoms with Gasteiger partial charge in [0.05, 0.1) is 17.3 Å². The first-order valence-electron chi connectivity index (χ1n) is 5.74. The molecule has 3 heteroatoms. The van der Waals surface area contributed by atoms with Gasteiger partial charge in [-0.3, -0.25) is 9.78 Å². The Balaban J connectivity index is 2.45. The summed E-state index contributed by atoms with van der Waals surface area (Å²) in [5.41, 5.74) is 2.80. The van der Waals surface area contributed by atoms with Gasteiger partial charge >= 0.3 is 0 Å². The fourth-order valence-corrected chi connectivity index (χ4v) is 1.71. The van der Waals surface area contributed by atoms with Gasteiger partial charge in [0.25, 0.3) is 0 Å². The Labute approximate surface area is 106 Å². The number of rotatable bonds is 3. The van der Waals surface area contributed by atoms with E-state index in [1.807, 2.05) is 19.1 Å². The van der Waals surface area contributed by atoms with E-state index >= 15 is 0 Å². The van der Waals surface area contributed by atoms with Crippen LogP contribution in [0.15, 0.2) is 42.6 Å². The summed E-state index contributed by atoms with van der Waals surface area (Å²) in [4.78, 5) is 15.9. The van der Waals surface area contributed by atoms with Gasteiger partial charge in [0.2, 0.25) is 0 Å².